The van der Waals surface area contributed by atoms with Crippen molar-refractivity contribution in [1.29, 1.82) is 0 Å². The van der Waals surface area contributed by atoms with Crippen molar-refractivity contribution in [3.8, 4) is 0 Å². The fraction of sp³-hybridized carbons (Fsp3) is 0.939. The highest BCUT2D eigenvalue weighted by Crippen LogP contribution is 2.70. The van der Waals surface area contributed by atoms with Crippen molar-refractivity contribution in [2.75, 3.05) is 0 Å². The van der Waals surface area contributed by atoms with E-state index in [0.717, 1.165) is 70.6 Å². The number of primary amides is 1. The summed E-state index contributed by atoms with van der Waals surface area (Å²) in [5.74, 6) is 1.50. The van der Waals surface area contributed by atoms with Crippen LogP contribution in [0.5, 0.6) is 0 Å². The smallest absolute Gasteiger partial charge is 0.302 e. The van der Waals surface area contributed by atoms with E-state index < -0.39 is 11.6 Å². The number of hydrogen-bond acceptors (Lipinski definition) is 7. The van der Waals surface area contributed by atoms with Crippen molar-refractivity contribution in [2.45, 2.75) is 142 Å². The van der Waals surface area contributed by atoms with Gasteiger partial charge in [0.2, 0.25) is 17.5 Å². The summed E-state index contributed by atoms with van der Waals surface area (Å²) in [6.07, 6.45) is 12.8. The third kappa shape index (κ3) is 5.06. The van der Waals surface area contributed by atoms with Crippen molar-refractivity contribution in [2.24, 2.45) is 58.0 Å². The molecule has 2 spiro atoms. The Morgan fingerprint density at radius 3 is 2.24 bits per heavy atom. The first-order valence-corrected chi connectivity index (χ1v) is 16.6. The van der Waals surface area contributed by atoms with Crippen LogP contribution in [-0.4, -0.2) is 29.6 Å². The molecule has 9 atom stereocenters. The van der Waals surface area contributed by atoms with Crippen LogP contribution in [0.3, 0.4) is 0 Å². The van der Waals surface area contributed by atoms with E-state index in [9.17, 15) is 9.59 Å². The lowest BCUT2D eigenvalue weighted by Gasteiger charge is -2.63. The number of carbonyl (C=O) groups excluding carboxylic acids is 2. The quantitative estimate of drug-likeness (QED) is 0.291. The second-order valence-electron chi connectivity index (χ2n) is 15.6. The number of ether oxygens (including phenoxy) is 1. The minimum Gasteiger partial charge on any atom is -0.462 e. The maximum Gasteiger partial charge on any atom is 0.302 e. The van der Waals surface area contributed by atoms with Crippen LogP contribution in [0.15, 0.2) is 0 Å². The summed E-state index contributed by atoms with van der Waals surface area (Å²) >= 11 is 0. The Hall–Kier alpha value is -1.22. The molecule has 0 aromatic heterocycles. The fourth-order valence-electron chi connectivity index (χ4n) is 10.9. The molecule has 0 unspecified atom stereocenters. The van der Waals surface area contributed by atoms with Gasteiger partial charge in [0, 0.05) is 44.4 Å². The van der Waals surface area contributed by atoms with Crippen LogP contribution < -0.4 is 5.73 Å². The van der Waals surface area contributed by atoms with Gasteiger partial charge >= 0.3 is 5.97 Å². The Morgan fingerprint density at radius 2 is 1.59 bits per heavy atom. The molecule has 232 valence electrons. The molecule has 0 aromatic carbocycles. The van der Waals surface area contributed by atoms with E-state index in [0.29, 0.717) is 47.8 Å². The monoisotopic (exact) mass is 575 g/mol. The molecule has 5 aliphatic carbocycles. The number of rotatable bonds is 5. The summed E-state index contributed by atoms with van der Waals surface area (Å²) in [6, 6.07) is 0. The first kappa shape index (κ1) is 29.8. The molecule has 1 aliphatic heterocycles. The molecule has 1 amide bonds. The molecule has 0 bridgehead atoms. The molecular weight excluding hydrogens is 522 g/mol. The van der Waals surface area contributed by atoms with Gasteiger partial charge < -0.3 is 10.5 Å². The number of nitrogens with two attached hydrogens (primary N) is 1. The van der Waals surface area contributed by atoms with Gasteiger partial charge in [0.15, 0.2) is 0 Å². The predicted molar refractivity (Wildman–Crippen MR) is 151 cm³/mol. The third-order valence-corrected chi connectivity index (χ3v) is 13.4. The number of amides is 1. The Balaban J connectivity index is 1.19. The van der Waals surface area contributed by atoms with E-state index in [4.69, 9.17) is 30.0 Å². The van der Waals surface area contributed by atoms with Crippen molar-refractivity contribution >= 4 is 11.9 Å². The van der Waals surface area contributed by atoms with E-state index in [1.165, 1.54) is 12.8 Å². The van der Waals surface area contributed by atoms with Crippen LogP contribution in [0.4, 0.5) is 0 Å². The zero-order chi connectivity index (χ0) is 29.2. The van der Waals surface area contributed by atoms with Gasteiger partial charge in [0.25, 0.3) is 0 Å². The van der Waals surface area contributed by atoms with Gasteiger partial charge in [-0.25, -0.2) is 0 Å². The molecule has 0 radical (unpaired) electrons. The van der Waals surface area contributed by atoms with Gasteiger partial charge in [-0.05, 0) is 105 Å². The fourth-order valence-corrected chi connectivity index (χ4v) is 10.9. The standard InChI is InChI=1S/C33H53NO7/c1-20-12-14-32(15-13-20)38-40-33(41-39-32)17-16-30(4)23(19-33)7-8-24-26-10-9-25(21(2)6-11-29(34)36)31(26,5)28(18-27(24)30)37-22(3)35/h20-21,23-28H,6-19H2,1-5H3,(H2,34,36)/t20?,21-,23-,24+,25-,26+,27+,28+,30+,31-,32?,33?/m1/s1. The van der Waals surface area contributed by atoms with Crippen molar-refractivity contribution < 1.29 is 33.9 Å². The largest absolute Gasteiger partial charge is 0.462 e. The van der Waals surface area contributed by atoms with Crippen LogP contribution in [0.25, 0.3) is 0 Å². The van der Waals surface area contributed by atoms with Crippen molar-refractivity contribution in [3.63, 3.8) is 0 Å². The molecule has 1 heterocycles. The molecule has 41 heavy (non-hydrogen) atoms. The van der Waals surface area contributed by atoms with E-state index in [1.54, 1.807) is 6.92 Å². The first-order chi connectivity index (χ1) is 19.4. The van der Waals surface area contributed by atoms with Crippen LogP contribution in [0.1, 0.15) is 125 Å². The molecule has 0 aromatic rings. The zero-order valence-corrected chi connectivity index (χ0v) is 26.0. The zero-order valence-electron chi connectivity index (χ0n) is 26.0. The lowest BCUT2D eigenvalue weighted by atomic mass is 9.43. The Morgan fingerprint density at radius 1 is 0.902 bits per heavy atom. The average Bonchev–Trinajstić information content (AvgIpc) is 3.30. The summed E-state index contributed by atoms with van der Waals surface area (Å²) in [4.78, 5) is 48.4. The van der Waals surface area contributed by atoms with Gasteiger partial charge in [0.1, 0.15) is 6.10 Å². The van der Waals surface area contributed by atoms with Gasteiger partial charge in [0.05, 0.1) is 0 Å². The van der Waals surface area contributed by atoms with E-state index in [2.05, 4.69) is 27.7 Å². The minimum absolute atomic E-state index is 0.0773. The van der Waals surface area contributed by atoms with Crippen molar-refractivity contribution in [1.82, 2.24) is 0 Å². The normalized spacial score (nSPS) is 50.0. The minimum atomic E-state index is -0.835. The summed E-state index contributed by atoms with van der Waals surface area (Å²) in [5, 5.41) is 0. The van der Waals surface area contributed by atoms with E-state index in [1.807, 2.05) is 0 Å². The Bertz CT molecular complexity index is 1000. The number of hydrogen-bond donors (Lipinski definition) is 1. The molecule has 5 saturated carbocycles. The topological polar surface area (TPSA) is 106 Å². The first-order valence-electron chi connectivity index (χ1n) is 16.6. The lowest BCUT2D eigenvalue weighted by Crippen LogP contribution is -2.62. The van der Waals surface area contributed by atoms with Crippen LogP contribution in [0, 0.1) is 52.3 Å². The van der Waals surface area contributed by atoms with Crippen LogP contribution in [-0.2, 0) is 33.9 Å². The number of fused-ring (bicyclic) bond motifs is 5. The molecule has 2 N–H and O–H groups in total. The van der Waals surface area contributed by atoms with E-state index in [-0.39, 0.29) is 28.8 Å². The molecule has 6 fully saturated rings. The summed E-state index contributed by atoms with van der Waals surface area (Å²) in [5.41, 5.74) is 5.55. The average molecular weight is 576 g/mol. The molecule has 6 rings (SSSR count). The van der Waals surface area contributed by atoms with Crippen molar-refractivity contribution in [3.05, 3.63) is 0 Å². The molecular formula is C33H53NO7. The molecule has 8 nitrogen and oxygen atoms in total. The Kier molecular flexibility index (Phi) is 7.82. The number of esters is 1. The highest BCUT2D eigenvalue weighted by Gasteiger charge is 2.67. The summed E-state index contributed by atoms with van der Waals surface area (Å²) in [6.45, 7) is 11.0. The van der Waals surface area contributed by atoms with E-state index >= 15 is 0 Å². The van der Waals surface area contributed by atoms with Crippen LogP contribution >= 0.6 is 0 Å². The molecule has 1 saturated heterocycles. The molecule has 6 aliphatic rings. The third-order valence-electron chi connectivity index (χ3n) is 13.4. The maximum atomic E-state index is 12.5. The second-order valence-corrected chi connectivity index (χ2v) is 15.6. The second kappa shape index (κ2) is 10.7. The molecule has 8 heteroatoms. The SMILES string of the molecule is CC(=O)O[C@H]1C[C@H]2[C@@H](CC[C@@H]3CC4(CC[C@@]32C)OOC2(CCC(C)CC2)OO4)[C@@H]2CC[C@H]([C@H](C)CCC(N)=O)[C@@]12C. The summed E-state index contributed by atoms with van der Waals surface area (Å²) in [7, 11) is 0. The Labute approximate surface area is 245 Å². The summed E-state index contributed by atoms with van der Waals surface area (Å²) < 4.78 is 6.25. The number of carbonyl (C=O) groups is 2. The van der Waals surface area contributed by atoms with Gasteiger partial charge in [-0.15, -0.1) is 0 Å². The highest BCUT2D eigenvalue weighted by molar-refractivity contribution is 5.73. The lowest BCUT2D eigenvalue weighted by molar-refractivity contribution is -0.665. The highest BCUT2D eigenvalue weighted by atomic mass is 17.4. The van der Waals surface area contributed by atoms with Crippen LogP contribution in [0.2, 0.25) is 0 Å². The van der Waals surface area contributed by atoms with Gasteiger partial charge in [-0.1, -0.05) is 27.7 Å². The maximum absolute atomic E-state index is 12.5. The van der Waals surface area contributed by atoms with Gasteiger partial charge in [-0.3, -0.25) is 9.59 Å². The predicted octanol–water partition coefficient (Wildman–Crippen LogP) is 6.60. The van der Waals surface area contributed by atoms with Gasteiger partial charge in [-0.2, -0.15) is 19.6 Å².